The van der Waals surface area contributed by atoms with E-state index in [9.17, 15) is 9.59 Å². The summed E-state index contributed by atoms with van der Waals surface area (Å²) in [5, 5.41) is 3.81. The lowest BCUT2D eigenvalue weighted by molar-refractivity contribution is -0.140. The van der Waals surface area contributed by atoms with Crippen molar-refractivity contribution >= 4 is 35.0 Å². The monoisotopic (exact) mass is 450 g/mol. The Bertz CT molecular complexity index is 851. The molecule has 2 atom stereocenters. The lowest BCUT2D eigenvalue weighted by Crippen LogP contribution is -2.49. The second-order valence-electron chi connectivity index (χ2n) is 7.24. The van der Waals surface area contributed by atoms with E-state index in [0.29, 0.717) is 15.6 Å². The molecule has 0 saturated heterocycles. The van der Waals surface area contributed by atoms with Crippen molar-refractivity contribution < 1.29 is 14.3 Å². The number of hydrogen-bond acceptors (Lipinski definition) is 3. The van der Waals surface area contributed by atoms with E-state index in [2.05, 4.69) is 5.32 Å². The van der Waals surface area contributed by atoms with Gasteiger partial charge in [-0.05, 0) is 55.7 Å². The quantitative estimate of drug-likeness (QED) is 0.592. The summed E-state index contributed by atoms with van der Waals surface area (Å²) in [5.41, 5.74) is 1.44. The molecule has 2 aromatic rings. The fraction of sp³-hybridized carbons (Fsp3) is 0.391. The van der Waals surface area contributed by atoms with Gasteiger partial charge in [0, 0.05) is 22.6 Å². The fourth-order valence-electron chi connectivity index (χ4n) is 2.93. The largest absolute Gasteiger partial charge is 0.497 e. The van der Waals surface area contributed by atoms with E-state index in [1.807, 2.05) is 38.1 Å². The van der Waals surface area contributed by atoms with E-state index in [1.165, 1.54) is 0 Å². The Morgan fingerprint density at radius 1 is 1.07 bits per heavy atom. The first kappa shape index (κ1) is 24.0. The number of carbonyl (C=O) groups is 2. The zero-order valence-electron chi connectivity index (χ0n) is 17.7. The Hall–Kier alpha value is -2.24. The molecule has 0 spiro atoms. The number of benzene rings is 2. The minimum absolute atomic E-state index is 0.00954. The molecule has 0 radical (unpaired) electrons. The van der Waals surface area contributed by atoms with Crippen molar-refractivity contribution in [1.82, 2.24) is 10.2 Å². The summed E-state index contributed by atoms with van der Waals surface area (Å²) in [7, 11) is 1.60. The molecular weight excluding hydrogens is 423 g/mol. The van der Waals surface area contributed by atoms with Crippen LogP contribution in [-0.4, -0.2) is 35.9 Å². The number of methoxy groups -OCH3 is 1. The van der Waals surface area contributed by atoms with Crippen LogP contribution in [0.4, 0.5) is 0 Å². The maximum Gasteiger partial charge on any atom is 0.242 e. The molecule has 0 aliphatic carbocycles. The van der Waals surface area contributed by atoms with Gasteiger partial charge in [-0.15, -0.1) is 0 Å². The van der Waals surface area contributed by atoms with Crippen LogP contribution in [0.1, 0.15) is 38.3 Å². The fourth-order valence-corrected chi connectivity index (χ4v) is 3.46. The van der Waals surface area contributed by atoms with Gasteiger partial charge in [-0.25, -0.2) is 0 Å². The van der Waals surface area contributed by atoms with E-state index >= 15 is 0 Å². The first-order valence-electron chi connectivity index (χ1n) is 9.92. The number of halogens is 2. The molecule has 1 N–H and O–H groups in total. The smallest absolute Gasteiger partial charge is 0.242 e. The molecule has 0 aliphatic rings. The molecule has 2 rings (SSSR count). The van der Waals surface area contributed by atoms with Crippen molar-refractivity contribution in [2.45, 2.75) is 52.2 Å². The predicted molar refractivity (Wildman–Crippen MR) is 121 cm³/mol. The molecule has 7 heteroatoms. The van der Waals surface area contributed by atoms with Gasteiger partial charge in [-0.3, -0.25) is 9.59 Å². The minimum atomic E-state index is -0.658. The summed E-state index contributed by atoms with van der Waals surface area (Å²) in [5.74, 6) is 0.297. The van der Waals surface area contributed by atoms with Crippen LogP contribution in [0.15, 0.2) is 42.5 Å². The van der Waals surface area contributed by atoms with Crippen LogP contribution in [0.2, 0.25) is 10.0 Å². The third-order valence-corrected chi connectivity index (χ3v) is 5.78. The van der Waals surface area contributed by atoms with E-state index in [0.717, 1.165) is 17.7 Å². The molecule has 0 aromatic heterocycles. The standard InChI is InChI=1S/C23H28Cl2N2O3/c1-5-15(2)26-23(29)16(3)27(14-17-9-11-18(30-4)12-10-17)22(28)13-19-20(24)7-6-8-21(19)25/h6-12,15-16H,5,13-14H2,1-4H3,(H,26,29)/t15-,16-/m0/s1. The summed E-state index contributed by atoms with van der Waals surface area (Å²) in [6, 6.07) is 11.9. The summed E-state index contributed by atoms with van der Waals surface area (Å²) in [4.78, 5) is 27.6. The van der Waals surface area contributed by atoms with Crippen LogP contribution >= 0.6 is 23.2 Å². The van der Waals surface area contributed by atoms with Gasteiger partial charge in [0.05, 0.1) is 13.5 Å². The number of nitrogens with one attached hydrogen (secondary N) is 1. The molecule has 2 amide bonds. The summed E-state index contributed by atoms with van der Waals surface area (Å²) in [6.07, 6.45) is 0.815. The molecule has 0 fully saturated rings. The van der Waals surface area contributed by atoms with Crippen LogP contribution in [0.3, 0.4) is 0 Å². The van der Waals surface area contributed by atoms with Crippen LogP contribution in [0.5, 0.6) is 5.75 Å². The summed E-state index contributed by atoms with van der Waals surface area (Å²) < 4.78 is 5.19. The molecule has 0 unspecified atom stereocenters. The predicted octanol–water partition coefficient (Wildman–Crippen LogP) is 4.88. The van der Waals surface area contributed by atoms with Gasteiger partial charge in [0.2, 0.25) is 11.8 Å². The SMILES string of the molecule is CC[C@H](C)NC(=O)[C@H](C)N(Cc1ccc(OC)cc1)C(=O)Cc1c(Cl)cccc1Cl. The number of carbonyl (C=O) groups excluding carboxylic acids is 2. The summed E-state index contributed by atoms with van der Waals surface area (Å²) in [6.45, 7) is 5.94. The van der Waals surface area contributed by atoms with Gasteiger partial charge in [0.15, 0.2) is 0 Å². The van der Waals surface area contributed by atoms with E-state index in [1.54, 1.807) is 37.1 Å². The number of hydrogen-bond donors (Lipinski definition) is 1. The van der Waals surface area contributed by atoms with E-state index in [4.69, 9.17) is 27.9 Å². The van der Waals surface area contributed by atoms with Gasteiger partial charge < -0.3 is 15.0 Å². The molecule has 5 nitrogen and oxygen atoms in total. The zero-order chi connectivity index (χ0) is 22.3. The van der Waals surface area contributed by atoms with E-state index in [-0.39, 0.29) is 30.8 Å². The Morgan fingerprint density at radius 3 is 2.20 bits per heavy atom. The topological polar surface area (TPSA) is 58.6 Å². The number of ether oxygens (including phenoxy) is 1. The zero-order valence-corrected chi connectivity index (χ0v) is 19.3. The molecule has 0 heterocycles. The lowest BCUT2D eigenvalue weighted by atomic mass is 10.1. The number of amides is 2. The second-order valence-corrected chi connectivity index (χ2v) is 8.05. The van der Waals surface area contributed by atoms with Crippen molar-refractivity contribution in [1.29, 1.82) is 0 Å². The minimum Gasteiger partial charge on any atom is -0.497 e. The van der Waals surface area contributed by atoms with Crippen molar-refractivity contribution in [3.05, 3.63) is 63.6 Å². The Balaban J connectivity index is 2.28. The highest BCUT2D eigenvalue weighted by atomic mass is 35.5. The Morgan fingerprint density at radius 2 is 1.67 bits per heavy atom. The molecule has 0 bridgehead atoms. The highest BCUT2D eigenvalue weighted by Crippen LogP contribution is 2.26. The van der Waals surface area contributed by atoms with Gasteiger partial charge in [0.25, 0.3) is 0 Å². The molecule has 30 heavy (non-hydrogen) atoms. The van der Waals surface area contributed by atoms with Gasteiger partial charge >= 0.3 is 0 Å². The van der Waals surface area contributed by atoms with Crippen molar-refractivity contribution in [3.63, 3.8) is 0 Å². The van der Waals surface area contributed by atoms with Crippen molar-refractivity contribution in [2.24, 2.45) is 0 Å². The van der Waals surface area contributed by atoms with Crippen molar-refractivity contribution in [3.8, 4) is 5.75 Å². The normalized spacial score (nSPS) is 12.7. The average Bonchev–Trinajstić information content (AvgIpc) is 2.74. The Labute approximate surface area is 188 Å². The maximum atomic E-state index is 13.2. The molecule has 0 aliphatic heterocycles. The second kappa shape index (κ2) is 11.2. The van der Waals surface area contributed by atoms with Crippen LogP contribution in [0.25, 0.3) is 0 Å². The highest BCUT2D eigenvalue weighted by molar-refractivity contribution is 6.36. The third-order valence-electron chi connectivity index (χ3n) is 5.07. The highest BCUT2D eigenvalue weighted by Gasteiger charge is 2.27. The molecule has 0 saturated carbocycles. The first-order valence-corrected chi connectivity index (χ1v) is 10.7. The third kappa shape index (κ3) is 6.38. The van der Waals surface area contributed by atoms with Crippen LogP contribution < -0.4 is 10.1 Å². The van der Waals surface area contributed by atoms with E-state index < -0.39 is 6.04 Å². The first-order chi connectivity index (χ1) is 14.3. The number of nitrogens with zero attached hydrogens (tertiary/aromatic N) is 1. The maximum absolute atomic E-state index is 13.2. The molecule has 162 valence electrons. The van der Waals surface area contributed by atoms with Crippen LogP contribution in [0, 0.1) is 0 Å². The van der Waals surface area contributed by atoms with Crippen LogP contribution in [-0.2, 0) is 22.6 Å². The molecule has 2 aromatic carbocycles. The van der Waals surface area contributed by atoms with Gasteiger partial charge in [-0.1, -0.05) is 48.3 Å². The molecular formula is C23H28Cl2N2O3. The number of rotatable bonds is 9. The lowest BCUT2D eigenvalue weighted by Gasteiger charge is -2.30. The van der Waals surface area contributed by atoms with Gasteiger partial charge in [0.1, 0.15) is 11.8 Å². The van der Waals surface area contributed by atoms with Gasteiger partial charge in [-0.2, -0.15) is 0 Å². The van der Waals surface area contributed by atoms with Crippen molar-refractivity contribution in [2.75, 3.05) is 7.11 Å². The summed E-state index contributed by atoms with van der Waals surface area (Å²) >= 11 is 12.5. The average molecular weight is 451 g/mol. The Kier molecular flexibility index (Phi) is 9.00.